The normalized spacial score (nSPS) is 31.1. The molecule has 2 heteroatoms. The first-order valence-electron chi connectivity index (χ1n) is 7.07. The molecule has 0 aromatic rings. The van der Waals surface area contributed by atoms with Gasteiger partial charge in [0.2, 0.25) is 0 Å². The monoisotopic (exact) mass is 224 g/mol. The molecule has 1 saturated heterocycles. The number of hydrogen-bond donors (Lipinski definition) is 1. The maximum atomic E-state index is 3.80. The van der Waals surface area contributed by atoms with E-state index in [1.165, 1.54) is 51.6 Å². The van der Waals surface area contributed by atoms with Crippen LogP contribution in [0.25, 0.3) is 0 Å². The van der Waals surface area contributed by atoms with Gasteiger partial charge in [0.1, 0.15) is 0 Å². The van der Waals surface area contributed by atoms with E-state index in [9.17, 15) is 0 Å². The van der Waals surface area contributed by atoms with Crippen LogP contribution in [0.15, 0.2) is 0 Å². The third-order valence-electron chi connectivity index (χ3n) is 4.56. The van der Waals surface area contributed by atoms with Crippen molar-refractivity contribution in [3.63, 3.8) is 0 Å². The van der Waals surface area contributed by atoms with Gasteiger partial charge in [0, 0.05) is 24.7 Å². The fourth-order valence-corrected chi connectivity index (χ4v) is 3.55. The summed E-state index contributed by atoms with van der Waals surface area (Å²) in [6.45, 7) is 7.12. The van der Waals surface area contributed by atoms with E-state index in [0.717, 1.165) is 12.0 Å². The molecule has 0 radical (unpaired) electrons. The van der Waals surface area contributed by atoms with Gasteiger partial charge in [-0.15, -0.1) is 0 Å². The van der Waals surface area contributed by atoms with Crippen molar-refractivity contribution in [3.8, 4) is 0 Å². The Kier molecular flexibility index (Phi) is 3.91. The largest absolute Gasteiger partial charge is 0.311 e. The van der Waals surface area contributed by atoms with E-state index in [1.807, 2.05) is 0 Å². The number of hydrogen-bond acceptors (Lipinski definition) is 2. The molecule has 2 aliphatic rings. The summed E-state index contributed by atoms with van der Waals surface area (Å²) in [4.78, 5) is 2.66. The maximum Gasteiger partial charge on any atom is 0.0331 e. The summed E-state index contributed by atoms with van der Waals surface area (Å²) in [7, 11) is 2.35. The zero-order valence-corrected chi connectivity index (χ0v) is 11.3. The first kappa shape index (κ1) is 12.4. The van der Waals surface area contributed by atoms with E-state index >= 15 is 0 Å². The van der Waals surface area contributed by atoms with Gasteiger partial charge in [0.15, 0.2) is 0 Å². The molecule has 0 bridgehead atoms. The summed E-state index contributed by atoms with van der Waals surface area (Å²) in [5, 5.41) is 3.80. The number of likely N-dealkylation sites (N-methyl/N-ethyl adjacent to an activating group) is 1. The molecule has 1 atom stereocenters. The Morgan fingerprint density at radius 3 is 2.50 bits per heavy atom. The van der Waals surface area contributed by atoms with Gasteiger partial charge < -0.3 is 5.32 Å². The Hall–Kier alpha value is -0.0800. The molecule has 1 aliphatic carbocycles. The highest BCUT2D eigenvalue weighted by atomic mass is 15.3. The lowest BCUT2D eigenvalue weighted by Gasteiger charge is -2.50. The van der Waals surface area contributed by atoms with Crippen molar-refractivity contribution in [3.05, 3.63) is 0 Å². The predicted molar refractivity (Wildman–Crippen MR) is 69.7 cm³/mol. The van der Waals surface area contributed by atoms with Crippen LogP contribution < -0.4 is 5.32 Å². The van der Waals surface area contributed by atoms with Crippen LogP contribution in [0.1, 0.15) is 52.4 Å². The maximum absolute atomic E-state index is 3.80. The molecule has 1 spiro atoms. The van der Waals surface area contributed by atoms with E-state index in [-0.39, 0.29) is 0 Å². The first-order valence-corrected chi connectivity index (χ1v) is 7.07. The summed E-state index contributed by atoms with van der Waals surface area (Å²) in [5.41, 5.74) is 0.506. The molecule has 1 N–H and O–H groups in total. The fourth-order valence-electron chi connectivity index (χ4n) is 3.55. The Morgan fingerprint density at radius 1 is 1.25 bits per heavy atom. The van der Waals surface area contributed by atoms with E-state index in [1.54, 1.807) is 0 Å². The van der Waals surface area contributed by atoms with Gasteiger partial charge in [-0.3, -0.25) is 4.90 Å². The van der Waals surface area contributed by atoms with Crippen LogP contribution in [0.2, 0.25) is 0 Å². The smallest absolute Gasteiger partial charge is 0.0331 e. The predicted octanol–water partition coefficient (Wildman–Crippen LogP) is 2.64. The molecule has 16 heavy (non-hydrogen) atoms. The minimum atomic E-state index is 0.506. The Morgan fingerprint density at radius 2 is 1.94 bits per heavy atom. The summed E-state index contributed by atoms with van der Waals surface area (Å²) in [6.07, 6.45) is 8.45. The second-order valence-electron chi connectivity index (χ2n) is 6.37. The quantitative estimate of drug-likeness (QED) is 0.776. The van der Waals surface area contributed by atoms with Crippen molar-refractivity contribution >= 4 is 0 Å². The van der Waals surface area contributed by atoms with Crippen LogP contribution in [0.5, 0.6) is 0 Å². The molecule has 2 rings (SSSR count). The average Bonchev–Trinajstić information content (AvgIpc) is 2.25. The fraction of sp³-hybridized carbons (Fsp3) is 1.00. The van der Waals surface area contributed by atoms with Crippen LogP contribution >= 0.6 is 0 Å². The molecule has 2 nitrogen and oxygen atoms in total. The lowest BCUT2D eigenvalue weighted by molar-refractivity contribution is 0.0283. The van der Waals surface area contributed by atoms with Gasteiger partial charge in [-0.25, -0.2) is 0 Å². The molecule has 1 unspecified atom stereocenters. The topological polar surface area (TPSA) is 15.3 Å². The third kappa shape index (κ3) is 2.60. The van der Waals surface area contributed by atoms with Gasteiger partial charge in [-0.2, -0.15) is 0 Å². The minimum absolute atomic E-state index is 0.506. The van der Waals surface area contributed by atoms with E-state index in [0.29, 0.717) is 5.54 Å². The van der Waals surface area contributed by atoms with E-state index in [4.69, 9.17) is 0 Å². The molecule has 0 aromatic carbocycles. The van der Waals surface area contributed by atoms with Gasteiger partial charge in [0.05, 0.1) is 0 Å². The molecule has 0 amide bonds. The molecular formula is C14H28N2. The van der Waals surface area contributed by atoms with Gasteiger partial charge in [-0.05, 0) is 32.2 Å². The van der Waals surface area contributed by atoms with Crippen molar-refractivity contribution in [2.24, 2.45) is 5.92 Å². The lowest BCUT2D eigenvalue weighted by Crippen LogP contribution is -2.64. The lowest BCUT2D eigenvalue weighted by atomic mass is 9.78. The van der Waals surface area contributed by atoms with Crippen molar-refractivity contribution in [1.29, 1.82) is 0 Å². The number of piperazine rings is 1. The minimum Gasteiger partial charge on any atom is -0.311 e. The first-order chi connectivity index (χ1) is 7.62. The Balaban J connectivity index is 1.91. The van der Waals surface area contributed by atoms with Crippen molar-refractivity contribution in [2.45, 2.75) is 64.0 Å². The van der Waals surface area contributed by atoms with Crippen LogP contribution in [-0.4, -0.2) is 36.6 Å². The molecule has 2 fully saturated rings. The van der Waals surface area contributed by atoms with E-state index < -0.39 is 0 Å². The number of nitrogens with zero attached hydrogens (tertiary/aromatic N) is 1. The zero-order chi connectivity index (χ0) is 11.6. The van der Waals surface area contributed by atoms with Gasteiger partial charge >= 0.3 is 0 Å². The second-order valence-corrected chi connectivity index (χ2v) is 6.37. The molecule has 1 aliphatic heterocycles. The SMILES string of the molecule is CC(C)CC1CN(C)C2(CCCCC2)CN1. The number of nitrogens with one attached hydrogen (secondary N) is 1. The molecule has 1 saturated carbocycles. The summed E-state index contributed by atoms with van der Waals surface area (Å²) >= 11 is 0. The second kappa shape index (κ2) is 5.05. The van der Waals surface area contributed by atoms with Crippen LogP contribution in [0.4, 0.5) is 0 Å². The zero-order valence-electron chi connectivity index (χ0n) is 11.3. The molecule has 94 valence electrons. The number of rotatable bonds is 2. The highest BCUT2D eigenvalue weighted by Crippen LogP contribution is 2.34. The summed E-state index contributed by atoms with van der Waals surface area (Å²) < 4.78 is 0. The summed E-state index contributed by atoms with van der Waals surface area (Å²) in [5.74, 6) is 0.811. The Bertz CT molecular complexity index is 219. The summed E-state index contributed by atoms with van der Waals surface area (Å²) in [6, 6.07) is 0.720. The standard InChI is InChI=1S/C14H28N2/c1-12(2)9-13-10-16(3)14(11-15-13)7-5-4-6-8-14/h12-13,15H,4-11H2,1-3H3. The molecular weight excluding hydrogens is 196 g/mol. The molecule has 0 aromatic heterocycles. The van der Waals surface area contributed by atoms with Crippen LogP contribution in [0.3, 0.4) is 0 Å². The third-order valence-corrected chi connectivity index (χ3v) is 4.56. The van der Waals surface area contributed by atoms with E-state index in [2.05, 4.69) is 31.1 Å². The molecule has 1 heterocycles. The van der Waals surface area contributed by atoms with Crippen molar-refractivity contribution < 1.29 is 0 Å². The van der Waals surface area contributed by atoms with Crippen LogP contribution in [0, 0.1) is 5.92 Å². The van der Waals surface area contributed by atoms with Gasteiger partial charge in [-0.1, -0.05) is 33.1 Å². The highest BCUT2D eigenvalue weighted by Gasteiger charge is 2.39. The average molecular weight is 224 g/mol. The van der Waals surface area contributed by atoms with Crippen molar-refractivity contribution in [1.82, 2.24) is 10.2 Å². The van der Waals surface area contributed by atoms with Gasteiger partial charge in [0.25, 0.3) is 0 Å². The Labute approximate surface area is 101 Å². The highest BCUT2D eigenvalue weighted by molar-refractivity contribution is 4.99. The van der Waals surface area contributed by atoms with Crippen molar-refractivity contribution in [2.75, 3.05) is 20.1 Å². The van der Waals surface area contributed by atoms with Crippen LogP contribution in [-0.2, 0) is 0 Å².